The molecule has 2 aromatic rings. The van der Waals surface area contributed by atoms with Gasteiger partial charge in [-0.1, -0.05) is 30.3 Å². The van der Waals surface area contributed by atoms with E-state index in [-0.39, 0.29) is 30.7 Å². The van der Waals surface area contributed by atoms with Crippen molar-refractivity contribution in [1.82, 2.24) is 14.7 Å². The van der Waals surface area contributed by atoms with Crippen LogP contribution in [0.15, 0.2) is 42.6 Å². The number of nitrogens with two attached hydrogens (primary N) is 1. The maximum Gasteiger partial charge on any atom is 0.389 e. The highest BCUT2D eigenvalue weighted by atomic mass is 35.5. The van der Waals surface area contributed by atoms with Crippen LogP contribution in [-0.2, 0) is 17.9 Å². The summed E-state index contributed by atoms with van der Waals surface area (Å²) in [5, 5.41) is 14.4. The van der Waals surface area contributed by atoms with Gasteiger partial charge in [-0.15, -0.1) is 12.4 Å². The van der Waals surface area contributed by atoms with Crippen LogP contribution in [-0.4, -0.2) is 38.6 Å². The van der Waals surface area contributed by atoms with Crippen LogP contribution >= 0.6 is 12.4 Å². The number of nitro groups is 1. The van der Waals surface area contributed by atoms with Gasteiger partial charge in [-0.3, -0.25) is 4.79 Å². The highest BCUT2D eigenvalue weighted by Gasteiger charge is 2.18. The molecule has 1 aromatic heterocycles. The third-order valence-corrected chi connectivity index (χ3v) is 3.31. The Morgan fingerprint density at radius 1 is 1.29 bits per heavy atom. The van der Waals surface area contributed by atoms with E-state index in [1.165, 1.54) is 16.9 Å². The molecule has 2 rings (SSSR count). The number of carbonyl (C=O) groups is 1. The molecule has 2 N–H and O–H groups in total. The average Bonchev–Trinajstić information content (AvgIpc) is 3.01. The van der Waals surface area contributed by atoms with Crippen molar-refractivity contribution in [3.63, 3.8) is 0 Å². The third kappa shape index (κ3) is 5.64. The van der Waals surface area contributed by atoms with Crippen molar-refractivity contribution in [1.29, 1.82) is 0 Å². The van der Waals surface area contributed by atoms with E-state index in [0.29, 0.717) is 26.1 Å². The highest BCUT2D eigenvalue weighted by Crippen LogP contribution is 2.09. The Balaban J connectivity index is 0.00000288. The molecule has 0 unspecified atom stereocenters. The van der Waals surface area contributed by atoms with E-state index in [4.69, 9.17) is 5.73 Å². The number of aromatic nitrogens is 2. The number of amides is 1. The second kappa shape index (κ2) is 9.64. The van der Waals surface area contributed by atoms with Crippen molar-refractivity contribution in [3.05, 3.63) is 58.3 Å². The molecule has 1 amide bonds. The van der Waals surface area contributed by atoms with E-state index >= 15 is 0 Å². The zero-order chi connectivity index (χ0) is 16.7. The molecule has 0 bridgehead atoms. The fraction of sp³-hybridized carbons (Fsp3) is 0.333. The zero-order valence-corrected chi connectivity index (χ0v) is 13.9. The Labute approximate surface area is 145 Å². The minimum absolute atomic E-state index is 0. The average molecular weight is 354 g/mol. The van der Waals surface area contributed by atoms with Crippen LogP contribution in [0.3, 0.4) is 0 Å². The molecule has 1 heterocycles. The van der Waals surface area contributed by atoms with Gasteiger partial charge in [-0.2, -0.15) is 4.68 Å². The summed E-state index contributed by atoms with van der Waals surface area (Å²) in [4.78, 5) is 24.2. The molecule has 1 aromatic carbocycles. The monoisotopic (exact) mass is 353 g/mol. The largest absolute Gasteiger partial charge is 0.389 e. The minimum atomic E-state index is -0.586. The van der Waals surface area contributed by atoms with E-state index in [1.54, 1.807) is 4.90 Å². The summed E-state index contributed by atoms with van der Waals surface area (Å²) in [5.74, 6) is -0.422. The molecule has 0 radical (unpaired) electrons. The molecule has 0 aliphatic heterocycles. The number of nitrogens with zero attached hydrogens (tertiary/aromatic N) is 4. The van der Waals surface area contributed by atoms with Crippen molar-refractivity contribution in [3.8, 4) is 0 Å². The second-order valence-electron chi connectivity index (χ2n) is 5.07. The molecule has 0 atom stereocenters. The topological polar surface area (TPSA) is 107 Å². The summed E-state index contributed by atoms with van der Waals surface area (Å²) >= 11 is 0. The molecule has 130 valence electrons. The van der Waals surface area contributed by atoms with E-state index in [1.807, 2.05) is 30.3 Å². The van der Waals surface area contributed by atoms with Crippen molar-refractivity contribution < 1.29 is 9.72 Å². The van der Waals surface area contributed by atoms with Crippen LogP contribution in [0.4, 0.5) is 5.82 Å². The number of hydrogen-bond donors (Lipinski definition) is 1. The van der Waals surface area contributed by atoms with Gasteiger partial charge in [0.2, 0.25) is 5.91 Å². The lowest BCUT2D eigenvalue weighted by molar-refractivity contribution is -0.389. The van der Waals surface area contributed by atoms with E-state index in [0.717, 1.165) is 5.56 Å². The predicted molar refractivity (Wildman–Crippen MR) is 91.7 cm³/mol. The van der Waals surface area contributed by atoms with Crippen molar-refractivity contribution >= 4 is 24.1 Å². The van der Waals surface area contributed by atoms with Crippen molar-refractivity contribution in [2.75, 3.05) is 13.1 Å². The smallest absolute Gasteiger partial charge is 0.358 e. The maximum atomic E-state index is 12.5. The Morgan fingerprint density at radius 3 is 2.58 bits per heavy atom. The van der Waals surface area contributed by atoms with Crippen LogP contribution in [0.25, 0.3) is 0 Å². The van der Waals surface area contributed by atoms with Crippen LogP contribution in [0, 0.1) is 10.1 Å². The highest BCUT2D eigenvalue weighted by molar-refractivity contribution is 5.85. The Hall–Kier alpha value is -2.45. The summed E-state index contributed by atoms with van der Waals surface area (Å²) in [6, 6.07) is 10.9. The first-order chi connectivity index (χ1) is 11.1. The fourth-order valence-corrected chi connectivity index (χ4v) is 2.15. The number of hydrogen-bond acceptors (Lipinski definition) is 5. The molecule has 24 heavy (non-hydrogen) atoms. The lowest BCUT2D eigenvalue weighted by atomic mass is 10.2. The Bertz CT molecular complexity index is 662. The second-order valence-corrected chi connectivity index (χ2v) is 5.07. The normalized spacial score (nSPS) is 10.0. The third-order valence-electron chi connectivity index (χ3n) is 3.31. The molecule has 0 fully saturated rings. The molecule has 0 saturated heterocycles. The minimum Gasteiger partial charge on any atom is -0.358 e. The standard InChI is InChI=1S/C15H19N5O3.ClH/c16-8-4-9-18(11-13-5-2-1-3-6-13)15(21)12-19-10-7-14(17-19)20(22)23;/h1-3,5-7,10H,4,8-9,11-12,16H2;1H. The Morgan fingerprint density at radius 2 is 2.00 bits per heavy atom. The van der Waals surface area contributed by atoms with Crippen LogP contribution in [0.5, 0.6) is 0 Å². The summed E-state index contributed by atoms with van der Waals surface area (Å²) < 4.78 is 1.28. The van der Waals surface area contributed by atoms with Gasteiger partial charge in [-0.05, 0) is 23.5 Å². The zero-order valence-electron chi connectivity index (χ0n) is 13.1. The van der Waals surface area contributed by atoms with Crippen molar-refractivity contribution in [2.45, 2.75) is 19.5 Å². The first kappa shape index (κ1) is 19.6. The lowest BCUT2D eigenvalue weighted by Crippen LogP contribution is -2.35. The van der Waals surface area contributed by atoms with E-state index < -0.39 is 4.92 Å². The Kier molecular flexibility index (Phi) is 7.87. The van der Waals surface area contributed by atoms with Crippen LogP contribution in [0.1, 0.15) is 12.0 Å². The van der Waals surface area contributed by atoms with Gasteiger partial charge in [0, 0.05) is 13.1 Å². The molecular weight excluding hydrogens is 334 g/mol. The van der Waals surface area contributed by atoms with Gasteiger partial charge in [0.25, 0.3) is 0 Å². The molecule has 0 spiro atoms. The number of benzene rings is 1. The molecule has 0 aliphatic carbocycles. The summed E-state index contributed by atoms with van der Waals surface area (Å²) in [7, 11) is 0. The first-order valence-electron chi connectivity index (χ1n) is 7.30. The van der Waals surface area contributed by atoms with Gasteiger partial charge < -0.3 is 20.7 Å². The van der Waals surface area contributed by atoms with Crippen LogP contribution in [0.2, 0.25) is 0 Å². The molecule has 8 nitrogen and oxygen atoms in total. The number of halogens is 1. The lowest BCUT2D eigenvalue weighted by Gasteiger charge is -2.22. The predicted octanol–water partition coefficient (Wildman–Crippen LogP) is 1.59. The molecule has 0 saturated carbocycles. The maximum absolute atomic E-state index is 12.5. The molecular formula is C15H20ClN5O3. The number of rotatable bonds is 8. The van der Waals surface area contributed by atoms with E-state index in [2.05, 4.69) is 5.10 Å². The fourth-order valence-electron chi connectivity index (χ4n) is 2.15. The first-order valence-corrected chi connectivity index (χ1v) is 7.30. The van der Waals surface area contributed by atoms with Gasteiger partial charge in [0.1, 0.15) is 6.54 Å². The van der Waals surface area contributed by atoms with Gasteiger partial charge in [0.15, 0.2) is 0 Å². The molecule has 0 aliphatic rings. The quantitative estimate of drug-likeness (QED) is 0.572. The van der Waals surface area contributed by atoms with Gasteiger partial charge in [0.05, 0.1) is 17.4 Å². The molecule has 9 heteroatoms. The van der Waals surface area contributed by atoms with E-state index in [9.17, 15) is 14.9 Å². The van der Waals surface area contributed by atoms with Gasteiger partial charge in [-0.25, -0.2) is 0 Å². The summed E-state index contributed by atoms with van der Waals surface area (Å²) in [6.45, 7) is 1.47. The summed E-state index contributed by atoms with van der Waals surface area (Å²) in [5.41, 5.74) is 6.55. The SMILES string of the molecule is Cl.NCCCN(Cc1ccccc1)C(=O)Cn1ccc([N+](=O)[O-])n1. The van der Waals surface area contributed by atoms with Crippen LogP contribution < -0.4 is 5.73 Å². The van der Waals surface area contributed by atoms with Crippen molar-refractivity contribution in [2.24, 2.45) is 5.73 Å². The number of carbonyl (C=O) groups excluding carboxylic acids is 1. The van der Waals surface area contributed by atoms with Gasteiger partial charge >= 0.3 is 5.82 Å². The summed E-state index contributed by atoms with van der Waals surface area (Å²) in [6.07, 6.45) is 2.12.